The molecule has 140 valence electrons. The zero-order chi connectivity index (χ0) is 18.3. The Hall–Kier alpha value is -1.26. The molecule has 1 aromatic carbocycles. The van der Waals surface area contributed by atoms with Crippen LogP contribution < -0.4 is 10.1 Å². The SMILES string of the molecule is CCCOc1ccc(NC(=O)[C@@]2(OCCC)CCC[C@@H](C)C2)cc1Cl. The molecule has 1 saturated carbocycles. The zero-order valence-electron chi connectivity index (χ0n) is 15.6. The molecule has 0 aliphatic heterocycles. The largest absolute Gasteiger partial charge is 0.492 e. The molecule has 0 heterocycles. The Morgan fingerprint density at radius 1 is 1.32 bits per heavy atom. The highest BCUT2D eigenvalue weighted by atomic mass is 35.5. The third-order valence-corrected chi connectivity index (χ3v) is 4.90. The lowest BCUT2D eigenvalue weighted by Crippen LogP contribution is -2.48. The van der Waals surface area contributed by atoms with Gasteiger partial charge in [0.25, 0.3) is 5.91 Å². The van der Waals surface area contributed by atoms with Crippen molar-refractivity contribution < 1.29 is 14.3 Å². The highest BCUT2D eigenvalue weighted by molar-refractivity contribution is 6.32. The second-order valence-corrected chi connectivity index (χ2v) is 7.40. The Morgan fingerprint density at radius 2 is 2.08 bits per heavy atom. The minimum atomic E-state index is -0.725. The van der Waals surface area contributed by atoms with Crippen molar-refractivity contribution in [2.24, 2.45) is 5.92 Å². The minimum absolute atomic E-state index is 0.0641. The van der Waals surface area contributed by atoms with Gasteiger partial charge in [-0.1, -0.05) is 38.8 Å². The number of hydrogen-bond acceptors (Lipinski definition) is 3. The Balaban J connectivity index is 2.10. The first-order valence-corrected chi connectivity index (χ1v) is 9.76. The standard InChI is InChI=1S/C20H30ClNO3/c1-4-11-24-18-9-8-16(13-17(18)21)22-19(23)20(25-12-5-2)10-6-7-15(3)14-20/h8-9,13,15H,4-7,10-12,14H2,1-3H3,(H,22,23)/t15-,20-/m1/s1. The van der Waals surface area contributed by atoms with Crippen LogP contribution in [0.1, 0.15) is 59.3 Å². The summed E-state index contributed by atoms with van der Waals surface area (Å²) in [5, 5.41) is 3.51. The van der Waals surface area contributed by atoms with Crippen LogP contribution in [-0.2, 0) is 9.53 Å². The number of ether oxygens (including phenoxy) is 2. The van der Waals surface area contributed by atoms with Crippen LogP contribution in [-0.4, -0.2) is 24.7 Å². The van der Waals surface area contributed by atoms with Gasteiger partial charge in [-0.05, 0) is 56.2 Å². The second-order valence-electron chi connectivity index (χ2n) is 6.99. The molecule has 0 aromatic heterocycles. The van der Waals surface area contributed by atoms with E-state index in [-0.39, 0.29) is 5.91 Å². The summed E-state index contributed by atoms with van der Waals surface area (Å²) in [6, 6.07) is 5.37. The number of rotatable bonds is 8. The van der Waals surface area contributed by atoms with Crippen LogP contribution in [0.4, 0.5) is 5.69 Å². The number of carbonyl (C=O) groups is 1. The maximum atomic E-state index is 13.0. The maximum Gasteiger partial charge on any atom is 0.256 e. The molecular weight excluding hydrogens is 338 g/mol. The fraction of sp³-hybridized carbons (Fsp3) is 0.650. The van der Waals surface area contributed by atoms with Crippen LogP contribution in [0.3, 0.4) is 0 Å². The van der Waals surface area contributed by atoms with E-state index in [2.05, 4.69) is 19.2 Å². The molecule has 0 bridgehead atoms. The van der Waals surface area contributed by atoms with Crippen LogP contribution in [0.25, 0.3) is 0 Å². The number of halogens is 1. The van der Waals surface area contributed by atoms with Gasteiger partial charge in [-0.3, -0.25) is 4.79 Å². The highest BCUT2D eigenvalue weighted by Gasteiger charge is 2.42. The van der Waals surface area contributed by atoms with Gasteiger partial charge < -0.3 is 14.8 Å². The van der Waals surface area contributed by atoms with E-state index in [1.807, 2.05) is 13.0 Å². The van der Waals surface area contributed by atoms with Crippen LogP contribution >= 0.6 is 11.6 Å². The third-order valence-electron chi connectivity index (χ3n) is 4.60. The first-order valence-electron chi connectivity index (χ1n) is 9.38. The lowest BCUT2D eigenvalue weighted by atomic mass is 9.78. The highest BCUT2D eigenvalue weighted by Crippen LogP contribution is 2.37. The molecule has 4 nitrogen and oxygen atoms in total. The molecule has 1 aliphatic carbocycles. The van der Waals surface area contributed by atoms with E-state index in [0.717, 1.165) is 38.5 Å². The topological polar surface area (TPSA) is 47.6 Å². The first kappa shape index (κ1) is 20.1. The molecule has 0 unspecified atom stereocenters. The molecule has 0 saturated heterocycles. The summed E-state index contributed by atoms with van der Waals surface area (Å²) < 4.78 is 11.6. The van der Waals surface area contributed by atoms with Gasteiger partial charge in [0.15, 0.2) is 0 Å². The molecule has 1 fully saturated rings. The normalized spacial score (nSPS) is 23.3. The minimum Gasteiger partial charge on any atom is -0.492 e. The summed E-state index contributed by atoms with van der Waals surface area (Å²) in [7, 11) is 0. The van der Waals surface area contributed by atoms with E-state index >= 15 is 0 Å². The van der Waals surface area contributed by atoms with E-state index in [4.69, 9.17) is 21.1 Å². The van der Waals surface area contributed by atoms with Crippen molar-refractivity contribution >= 4 is 23.2 Å². The lowest BCUT2D eigenvalue weighted by molar-refractivity contribution is -0.148. The predicted molar refractivity (Wildman–Crippen MR) is 102 cm³/mol. The number of carbonyl (C=O) groups excluding carboxylic acids is 1. The van der Waals surface area contributed by atoms with Crippen LogP contribution in [0.5, 0.6) is 5.75 Å². The lowest BCUT2D eigenvalue weighted by Gasteiger charge is -2.38. The quantitative estimate of drug-likeness (QED) is 0.665. The summed E-state index contributed by atoms with van der Waals surface area (Å²) in [6.07, 6.45) is 5.53. The van der Waals surface area contributed by atoms with Gasteiger partial charge in [-0.2, -0.15) is 0 Å². The average Bonchev–Trinajstić information content (AvgIpc) is 2.59. The Bertz CT molecular complexity index is 578. The molecule has 0 spiro atoms. The van der Waals surface area contributed by atoms with Crippen molar-refractivity contribution in [1.82, 2.24) is 0 Å². The third kappa shape index (κ3) is 5.35. The molecule has 0 radical (unpaired) electrons. The summed E-state index contributed by atoms with van der Waals surface area (Å²) in [4.78, 5) is 13.0. The molecule has 1 aromatic rings. The fourth-order valence-corrected chi connectivity index (χ4v) is 3.59. The van der Waals surface area contributed by atoms with E-state index in [9.17, 15) is 4.79 Å². The van der Waals surface area contributed by atoms with Crippen LogP contribution in [0.15, 0.2) is 18.2 Å². The molecule has 1 N–H and O–H groups in total. The smallest absolute Gasteiger partial charge is 0.256 e. The van der Waals surface area contributed by atoms with Crippen LogP contribution in [0, 0.1) is 5.92 Å². The average molecular weight is 368 g/mol. The zero-order valence-corrected chi connectivity index (χ0v) is 16.3. The molecule has 1 amide bonds. The van der Waals surface area contributed by atoms with Crippen LogP contribution in [0.2, 0.25) is 5.02 Å². The Morgan fingerprint density at radius 3 is 2.72 bits per heavy atom. The molecule has 1 aliphatic rings. The van der Waals surface area contributed by atoms with Gasteiger partial charge in [-0.25, -0.2) is 0 Å². The van der Waals surface area contributed by atoms with Gasteiger partial charge in [0, 0.05) is 12.3 Å². The van der Waals surface area contributed by atoms with E-state index in [0.29, 0.717) is 35.6 Å². The van der Waals surface area contributed by atoms with Crippen molar-refractivity contribution in [3.05, 3.63) is 23.2 Å². The van der Waals surface area contributed by atoms with Gasteiger partial charge in [-0.15, -0.1) is 0 Å². The predicted octanol–water partition coefficient (Wildman–Crippen LogP) is 5.44. The summed E-state index contributed by atoms with van der Waals surface area (Å²) >= 11 is 6.27. The van der Waals surface area contributed by atoms with Crippen molar-refractivity contribution in [3.63, 3.8) is 0 Å². The van der Waals surface area contributed by atoms with Crippen molar-refractivity contribution in [2.45, 2.75) is 64.9 Å². The number of anilines is 1. The molecule has 25 heavy (non-hydrogen) atoms. The van der Waals surface area contributed by atoms with Gasteiger partial charge in [0.2, 0.25) is 0 Å². The maximum absolute atomic E-state index is 13.0. The monoisotopic (exact) mass is 367 g/mol. The molecule has 2 rings (SSSR count). The molecule has 5 heteroatoms. The molecule has 2 atom stereocenters. The van der Waals surface area contributed by atoms with Gasteiger partial charge in [0.1, 0.15) is 11.4 Å². The van der Waals surface area contributed by atoms with Crippen molar-refractivity contribution in [3.8, 4) is 5.75 Å². The summed E-state index contributed by atoms with van der Waals surface area (Å²) in [5.74, 6) is 1.07. The number of nitrogens with one attached hydrogen (secondary N) is 1. The number of hydrogen-bond donors (Lipinski definition) is 1. The fourth-order valence-electron chi connectivity index (χ4n) is 3.36. The van der Waals surface area contributed by atoms with E-state index in [1.54, 1.807) is 12.1 Å². The van der Waals surface area contributed by atoms with E-state index < -0.39 is 5.60 Å². The Labute approximate surface area is 156 Å². The molecular formula is C20H30ClNO3. The van der Waals surface area contributed by atoms with Gasteiger partial charge >= 0.3 is 0 Å². The Kier molecular flexibility index (Phi) is 7.57. The first-order chi connectivity index (χ1) is 12.0. The van der Waals surface area contributed by atoms with E-state index in [1.165, 1.54) is 0 Å². The van der Waals surface area contributed by atoms with Crippen molar-refractivity contribution in [1.29, 1.82) is 0 Å². The van der Waals surface area contributed by atoms with Gasteiger partial charge in [0.05, 0.1) is 11.6 Å². The second kappa shape index (κ2) is 9.44. The number of benzene rings is 1. The summed E-state index contributed by atoms with van der Waals surface area (Å²) in [5.41, 5.74) is -0.0473. The summed E-state index contributed by atoms with van der Waals surface area (Å²) in [6.45, 7) is 7.52. The number of amides is 1. The van der Waals surface area contributed by atoms with Crippen molar-refractivity contribution in [2.75, 3.05) is 18.5 Å².